The first kappa shape index (κ1) is 9.68. The Kier molecular flexibility index (Phi) is 2.56. The van der Waals surface area contributed by atoms with Crippen molar-refractivity contribution in [3.63, 3.8) is 0 Å². The van der Waals surface area contributed by atoms with Gasteiger partial charge in [0.2, 0.25) is 0 Å². The molecule has 1 saturated heterocycles. The van der Waals surface area contributed by atoms with E-state index >= 15 is 0 Å². The summed E-state index contributed by atoms with van der Waals surface area (Å²) in [6.07, 6.45) is 6.74. The van der Waals surface area contributed by atoms with Crippen molar-refractivity contribution in [2.24, 2.45) is 0 Å². The molecule has 4 heteroatoms. The number of aliphatic hydroxyl groups is 1. The average molecular weight is 195 g/mol. The average Bonchev–Trinajstić information content (AvgIpc) is 2.53. The van der Waals surface area contributed by atoms with Gasteiger partial charge in [-0.1, -0.05) is 0 Å². The molecule has 0 amide bonds. The predicted octanol–water partition coefficient (Wildman–Crippen LogP) is 0.340. The molecule has 1 N–H and O–H groups in total. The van der Waals surface area contributed by atoms with Gasteiger partial charge in [0.1, 0.15) is 0 Å². The maximum atomic E-state index is 9.51. The van der Waals surface area contributed by atoms with E-state index in [2.05, 4.69) is 14.5 Å². The van der Waals surface area contributed by atoms with E-state index in [9.17, 15) is 5.11 Å². The van der Waals surface area contributed by atoms with Crippen molar-refractivity contribution in [2.75, 3.05) is 19.6 Å². The predicted molar refractivity (Wildman–Crippen MR) is 53.9 cm³/mol. The van der Waals surface area contributed by atoms with E-state index in [4.69, 9.17) is 0 Å². The van der Waals surface area contributed by atoms with Gasteiger partial charge in [0.15, 0.2) is 0 Å². The Morgan fingerprint density at radius 1 is 1.43 bits per heavy atom. The quantitative estimate of drug-likeness (QED) is 0.753. The maximum absolute atomic E-state index is 9.51. The highest BCUT2D eigenvalue weighted by molar-refractivity contribution is 4.91. The number of likely N-dealkylation sites (tertiary alicyclic amines) is 1. The molecule has 1 aromatic heterocycles. The Morgan fingerprint density at radius 3 is 2.79 bits per heavy atom. The summed E-state index contributed by atoms with van der Waals surface area (Å²) < 4.78 is 2.08. The van der Waals surface area contributed by atoms with E-state index in [0.717, 1.165) is 32.6 Å². The number of nitrogens with zero attached hydrogens (tertiary/aromatic N) is 3. The van der Waals surface area contributed by atoms with Gasteiger partial charge < -0.3 is 9.67 Å². The summed E-state index contributed by atoms with van der Waals surface area (Å²) in [6, 6.07) is 0. The van der Waals surface area contributed by atoms with Crippen LogP contribution in [-0.4, -0.2) is 44.8 Å². The van der Waals surface area contributed by atoms with Crippen molar-refractivity contribution < 1.29 is 5.11 Å². The second-order valence-corrected chi connectivity index (χ2v) is 4.36. The highest BCUT2D eigenvalue weighted by atomic mass is 16.3. The number of hydrogen-bond donors (Lipinski definition) is 1. The van der Waals surface area contributed by atoms with Crippen LogP contribution in [0.1, 0.15) is 13.3 Å². The summed E-state index contributed by atoms with van der Waals surface area (Å²) >= 11 is 0. The summed E-state index contributed by atoms with van der Waals surface area (Å²) in [4.78, 5) is 6.26. The Bertz CT molecular complexity index is 274. The molecule has 0 aromatic carbocycles. The molecule has 1 aliphatic heterocycles. The Hall–Kier alpha value is -0.870. The van der Waals surface area contributed by atoms with E-state index in [-0.39, 0.29) is 0 Å². The molecule has 1 aliphatic rings. The fourth-order valence-corrected chi connectivity index (χ4v) is 1.97. The van der Waals surface area contributed by atoms with Gasteiger partial charge in [0.25, 0.3) is 0 Å². The fourth-order valence-electron chi connectivity index (χ4n) is 1.97. The van der Waals surface area contributed by atoms with Gasteiger partial charge in [-0.05, 0) is 13.3 Å². The smallest absolute Gasteiger partial charge is 0.0945 e. The van der Waals surface area contributed by atoms with Gasteiger partial charge in [0.05, 0.1) is 11.9 Å². The second kappa shape index (κ2) is 3.71. The minimum Gasteiger partial charge on any atom is -0.388 e. The van der Waals surface area contributed by atoms with Gasteiger partial charge in [-0.2, -0.15) is 0 Å². The van der Waals surface area contributed by atoms with Crippen LogP contribution >= 0.6 is 0 Å². The van der Waals surface area contributed by atoms with Crippen molar-refractivity contribution in [3.8, 4) is 0 Å². The number of imidazole rings is 1. The van der Waals surface area contributed by atoms with Gasteiger partial charge in [-0.3, -0.25) is 4.90 Å². The SMILES string of the molecule is CC1(O)CN(CCCn2ccnc2)C1. The zero-order valence-electron chi connectivity index (χ0n) is 8.56. The number of aryl methyl sites for hydroxylation is 1. The minimum atomic E-state index is -0.436. The molecule has 78 valence electrons. The van der Waals surface area contributed by atoms with Crippen molar-refractivity contribution >= 4 is 0 Å². The highest BCUT2D eigenvalue weighted by Crippen LogP contribution is 2.19. The third-order valence-corrected chi connectivity index (χ3v) is 2.58. The number of hydrogen-bond acceptors (Lipinski definition) is 3. The van der Waals surface area contributed by atoms with Crippen LogP contribution in [0.15, 0.2) is 18.7 Å². The largest absolute Gasteiger partial charge is 0.388 e. The Balaban J connectivity index is 1.61. The summed E-state index contributed by atoms with van der Waals surface area (Å²) in [5.74, 6) is 0. The van der Waals surface area contributed by atoms with Gasteiger partial charge in [-0.15, -0.1) is 0 Å². The van der Waals surface area contributed by atoms with E-state index in [0.29, 0.717) is 0 Å². The lowest BCUT2D eigenvalue weighted by Gasteiger charge is -2.44. The van der Waals surface area contributed by atoms with Crippen molar-refractivity contribution in [1.29, 1.82) is 0 Å². The van der Waals surface area contributed by atoms with Crippen LogP contribution in [0.4, 0.5) is 0 Å². The summed E-state index contributed by atoms with van der Waals surface area (Å²) in [5.41, 5.74) is -0.436. The molecule has 1 aromatic rings. The Morgan fingerprint density at radius 2 is 2.21 bits per heavy atom. The number of aromatic nitrogens is 2. The number of rotatable bonds is 4. The molecule has 0 aliphatic carbocycles. The third kappa shape index (κ3) is 2.33. The van der Waals surface area contributed by atoms with E-state index in [1.54, 1.807) is 6.20 Å². The standard InChI is InChI=1S/C10H17N3O/c1-10(14)7-13(8-10)5-2-4-12-6-3-11-9-12/h3,6,9,14H,2,4-5,7-8H2,1H3. The molecule has 0 atom stereocenters. The molecule has 14 heavy (non-hydrogen) atoms. The molecule has 2 rings (SSSR count). The molecular weight excluding hydrogens is 178 g/mol. The minimum absolute atomic E-state index is 0.436. The number of β-amino-alcohol motifs (C(OH)–C–C–N with tert-alkyl or cyclic N) is 1. The van der Waals surface area contributed by atoms with Crippen LogP contribution in [0, 0.1) is 0 Å². The van der Waals surface area contributed by atoms with Crippen LogP contribution in [0.2, 0.25) is 0 Å². The molecule has 0 bridgehead atoms. The normalized spacial score (nSPS) is 20.7. The fraction of sp³-hybridized carbons (Fsp3) is 0.700. The molecule has 0 unspecified atom stereocenters. The van der Waals surface area contributed by atoms with Crippen LogP contribution in [0.3, 0.4) is 0 Å². The topological polar surface area (TPSA) is 41.3 Å². The first-order valence-corrected chi connectivity index (χ1v) is 5.06. The second-order valence-electron chi connectivity index (χ2n) is 4.36. The molecule has 0 radical (unpaired) electrons. The van der Waals surface area contributed by atoms with E-state index in [1.807, 2.05) is 19.4 Å². The molecule has 2 heterocycles. The van der Waals surface area contributed by atoms with E-state index in [1.165, 1.54) is 0 Å². The van der Waals surface area contributed by atoms with Crippen molar-refractivity contribution in [1.82, 2.24) is 14.5 Å². The zero-order chi connectivity index (χ0) is 10.0. The van der Waals surface area contributed by atoms with Gasteiger partial charge in [-0.25, -0.2) is 4.98 Å². The third-order valence-electron chi connectivity index (χ3n) is 2.58. The zero-order valence-corrected chi connectivity index (χ0v) is 8.56. The monoisotopic (exact) mass is 195 g/mol. The Labute approximate surface area is 84.2 Å². The van der Waals surface area contributed by atoms with Crippen molar-refractivity contribution in [2.45, 2.75) is 25.5 Å². The molecule has 0 saturated carbocycles. The summed E-state index contributed by atoms with van der Waals surface area (Å²) in [6.45, 7) is 5.60. The van der Waals surface area contributed by atoms with E-state index < -0.39 is 5.60 Å². The highest BCUT2D eigenvalue weighted by Gasteiger charge is 2.35. The van der Waals surface area contributed by atoms with Crippen LogP contribution in [0.5, 0.6) is 0 Å². The lowest BCUT2D eigenvalue weighted by molar-refractivity contribution is -0.0835. The molecule has 0 spiro atoms. The maximum Gasteiger partial charge on any atom is 0.0945 e. The first-order valence-electron chi connectivity index (χ1n) is 5.06. The van der Waals surface area contributed by atoms with Gasteiger partial charge >= 0.3 is 0 Å². The molecule has 1 fully saturated rings. The lowest BCUT2D eigenvalue weighted by atomic mass is 9.97. The lowest BCUT2D eigenvalue weighted by Crippen LogP contribution is -2.59. The first-order chi connectivity index (χ1) is 6.66. The van der Waals surface area contributed by atoms with Crippen LogP contribution in [-0.2, 0) is 6.54 Å². The molecular formula is C10H17N3O. The van der Waals surface area contributed by atoms with Crippen molar-refractivity contribution in [3.05, 3.63) is 18.7 Å². The summed E-state index contributed by atoms with van der Waals surface area (Å²) in [5, 5.41) is 9.51. The van der Waals surface area contributed by atoms with Gasteiger partial charge in [0, 0.05) is 38.6 Å². The molecule has 4 nitrogen and oxygen atoms in total. The van der Waals surface area contributed by atoms with Crippen LogP contribution < -0.4 is 0 Å². The summed E-state index contributed by atoms with van der Waals surface area (Å²) in [7, 11) is 0. The van der Waals surface area contributed by atoms with Crippen LogP contribution in [0.25, 0.3) is 0 Å².